The molecule has 2 saturated carbocycles. The third-order valence-corrected chi connectivity index (χ3v) is 7.26. The van der Waals surface area contributed by atoms with E-state index in [1.165, 1.54) is 14.2 Å². The Hall–Kier alpha value is -2.37. The summed E-state index contributed by atoms with van der Waals surface area (Å²) in [4.78, 5) is 39.3. The Bertz CT molecular complexity index is 833. The molecule has 2 fully saturated rings. The molecule has 2 aliphatic carbocycles. The fourth-order valence-electron chi connectivity index (χ4n) is 6.04. The SMILES string of the molecule is COC(=O)C1(C(=O)OC)CC2(C)CC2(C2CN(C(C)=O)c3ccccc32)C1. The predicted octanol–water partition coefficient (Wildman–Crippen LogP) is 2.66. The van der Waals surface area contributed by atoms with Crippen LogP contribution in [0.3, 0.4) is 0 Å². The van der Waals surface area contributed by atoms with E-state index in [1.54, 1.807) is 6.92 Å². The molecule has 1 heterocycles. The van der Waals surface area contributed by atoms with Gasteiger partial charge in [0.25, 0.3) is 0 Å². The molecule has 144 valence electrons. The third kappa shape index (κ3) is 2.15. The molecule has 3 aliphatic rings. The van der Waals surface area contributed by atoms with Crippen LogP contribution in [0.15, 0.2) is 24.3 Å². The van der Waals surface area contributed by atoms with Crippen molar-refractivity contribution in [2.24, 2.45) is 16.2 Å². The standard InChI is InChI=1S/C21H25NO5/c1-13(23)22-9-15(14-7-5-6-8-16(14)22)21-11-19(21,2)10-20(12-21,17(24)26-3)18(25)27-4/h5-8,15H,9-12H2,1-4H3. The molecule has 27 heavy (non-hydrogen) atoms. The molecule has 0 radical (unpaired) electrons. The van der Waals surface area contributed by atoms with Crippen molar-refractivity contribution in [3.05, 3.63) is 29.8 Å². The Balaban J connectivity index is 1.77. The highest BCUT2D eigenvalue weighted by molar-refractivity contribution is 6.01. The number of hydrogen-bond acceptors (Lipinski definition) is 5. The molecule has 3 atom stereocenters. The van der Waals surface area contributed by atoms with Crippen molar-refractivity contribution in [3.8, 4) is 0 Å². The number of rotatable bonds is 3. The van der Waals surface area contributed by atoms with Crippen LogP contribution in [0.5, 0.6) is 0 Å². The number of ether oxygens (including phenoxy) is 2. The van der Waals surface area contributed by atoms with E-state index in [0.717, 1.165) is 17.7 Å². The summed E-state index contributed by atoms with van der Waals surface area (Å²) >= 11 is 0. The highest BCUT2D eigenvalue weighted by atomic mass is 16.5. The summed E-state index contributed by atoms with van der Waals surface area (Å²) in [5.41, 5.74) is 0.444. The first kappa shape index (κ1) is 18.0. The maximum atomic E-state index is 12.6. The second kappa shape index (κ2) is 5.57. The van der Waals surface area contributed by atoms with Gasteiger partial charge in [0.1, 0.15) is 0 Å². The van der Waals surface area contributed by atoms with Crippen molar-refractivity contribution < 1.29 is 23.9 Å². The van der Waals surface area contributed by atoms with Crippen LogP contribution in [0.4, 0.5) is 5.69 Å². The monoisotopic (exact) mass is 371 g/mol. The van der Waals surface area contributed by atoms with Gasteiger partial charge < -0.3 is 14.4 Å². The van der Waals surface area contributed by atoms with Gasteiger partial charge in [0.2, 0.25) is 5.91 Å². The maximum Gasteiger partial charge on any atom is 0.323 e. The number of fused-ring (bicyclic) bond motifs is 2. The number of carbonyl (C=O) groups excluding carboxylic acids is 3. The molecule has 0 saturated heterocycles. The van der Waals surface area contributed by atoms with Crippen LogP contribution in [-0.4, -0.2) is 38.6 Å². The number of para-hydroxylation sites is 1. The average molecular weight is 371 g/mol. The minimum absolute atomic E-state index is 0.00824. The fraction of sp³-hybridized carbons (Fsp3) is 0.571. The first-order chi connectivity index (χ1) is 12.7. The van der Waals surface area contributed by atoms with E-state index in [2.05, 4.69) is 13.0 Å². The Morgan fingerprint density at radius 1 is 1.04 bits per heavy atom. The van der Waals surface area contributed by atoms with Crippen LogP contribution in [0.2, 0.25) is 0 Å². The molecular weight excluding hydrogens is 346 g/mol. The van der Waals surface area contributed by atoms with Gasteiger partial charge in [-0.2, -0.15) is 0 Å². The molecule has 0 bridgehead atoms. The van der Waals surface area contributed by atoms with Crippen LogP contribution in [0, 0.1) is 16.2 Å². The van der Waals surface area contributed by atoms with E-state index in [0.29, 0.717) is 19.4 Å². The number of hydrogen-bond donors (Lipinski definition) is 0. The van der Waals surface area contributed by atoms with Gasteiger partial charge in [-0.25, -0.2) is 0 Å². The first-order valence-corrected chi connectivity index (χ1v) is 9.28. The maximum absolute atomic E-state index is 12.6. The fourth-order valence-corrected chi connectivity index (χ4v) is 6.04. The summed E-state index contributed by atoms with van der Waals surface area (Å²) in [6.07, 6.45) is 1.76. The van der Waals surface area contributed by atoms with Crippen LogP contribution in [-0.2, 0) is 23.9 Å². The van der Waals surface area contributed by atoms with Crippen molar-refractivity contribution >= 4 is 23.5 Å². The van der Waals surface area contributed by atoms with Gasteiger partial charge in [0.05, 0.1) is 14.2 Å². The second-order valence-electron chi connectivity index (χ2n) is 8.55. The number of methoxy groups -OCH3 is 2. The van der Waals surface area contributed by atoms with Crippen molar-refractivity contribution in [1.29, 1.82) is 0 Å². The minimum atomic E-state index is -1.25. The lowest BCUT2D eigenvalue weighted by Crippen LogP contribution is -2.41. The summed E-state index contributed by atoms with van der Waals surface area (Å²) in [6, 6.07) is 7.94. The van der Waals surface area contributed by atoms with Gasteiger partial charge in [-0.15, -0.1) is 0 Å². The van der Waals surface area contributed by atoms with E-state index in [1.807, 2.05) is 23.1 Å². The van der Waals surface area contributed by atoms with Gasteiger partial charge in [-0.1, -0.05) is 25.1 Å². The molecular formula is C21H25NO5. The molecule has 4 rings (SSSR count). The molecule has 1 aromatic carbocycles. The molecule has 1 aromatic rings. The summed E-state index contributed by atoms with van der Waals surface area (Å²) in [5, 5.41) is 0. The highest BCUT2D eigenvalue weighted by Crippen LogP contribution is 2.83. The largest absolute Gasteiger partial charge is 0.468 e. The van der Waals surface area contributed by atoms with E-state index in [4.69, 9.17) is 9.47 Å². The topological polar surface area (TPSA) is 72.9 Å². The van der Waals surface area contributed by atoms with Gasteiger partial charge in [0.15, 0.2) is 5.41 Å². The van der Waals surface area contributed by atoms with Crippen LogP contribution >= 0.6 is 0 Å². The smallest absolute Gasteiger partial charge is 0.323 e. The summed E-state index contributed by atoms with van der Waals surface area (Å²) in [7, 11) is 2.63. The predicted molar refractivity (Wildman–Crippen MR) is 98.1 cm³/mol. The van der Waals surface area contributed by atoms with E-state index in [-0.39, 0.29) is 22.7 Å². The number of amides is 1. The Morgan fingerprint density at radius 3 is 2.26 bits per heavy atom. The van der Waals surface area contributed by atoms with E-state index < -0.39 is 17.4 Å². The van der Waals surface area contributed by atoms with Crippen LogP contribution in [0.25, 0.3) is 0 Å². The van der Waals surface area contributed by atoms with Crippen LogP contribution < -0.4 is 4.90 Å². The van der Waals surface area contributed by atoms with Gasteiger partial charge >= 0.3 is 11.9 Å². The van der Waals surface area contributed by atoms with Crippen molar-refractivity contribution in [2.45, 2.75) is 39.0 Å². The highest BCUT2D eigenvalue weighted by Gasteiger charge is 2.80. The van der Waals surface area contributed by atoms with Gasteiger partial charge in [-0.05, 0) is 41.7 Å². The number of esters is 2. The van der Waals surface area contributed by atoms with E-state index >= 15 is 0 Å². The number of anilines is 1. The number of benzene rings is 1. The lowest BCUT2D eigenvalue weighted by Gasteiger charge is -2.29. The summed E-state index contributed by atoms with van der Waals surface area (Å²) in [6.45, 7) is 4.30. The van der Waals surface area contributed by atoms with Crippen molar-refractivity contribution in [1.82, 2.24) is 0 Å². The van der Waals surface area contributed by atoms with Gasteiger partial charge in [-0.3, -0.25) is 14.4 Å². The normalized spacial score (nSPS) is 32.4. The molecule has 6 heteroatoms. The molecule has 0 aromatic heterocycles. The molecule has 1 amide bonds. The van der Waals surface area contributed by atoms with Crippen LogP contribution in [0.1, 0.15) is 44.6 Å². The van der Waals surface area contributed by atoms with Gasteiger partial charge in [0, 0.05) is 25.1 Å². The zero-order valence-electron chi connectivity index (χ0n) is 16.2. The minimum Gasteiger partial charge on any atom is -0.468 e. The third-order valence-electron chi connectivity index (χ3n) is 7.26. The number of carbonyl (C=O) groups is 3. The quantitative estimate of drug-likeness (QED) is 0.603. The molecule has 0 N–H and O–H groups in total. The number of nitrogens with zero attached hydrogens (tertiary/aromatic N) is 1. The zero-order valence-corrected chi connectivity index (χ0v) is 16.2. The lowest BCUT2D eigenvalue weighted by molar-refractivity contribution is -0.170. The Morgan fingerprint density at radius 2 is 1.67 bits per heavy atom. The molecule has 3 unspecified atom stereocenters. The van der Waals surface area contributed by atoms with Crippen molar-refractivity contribution in [3.63, 3.8) is 0 Å². The van der Waals surface area contributed by atoms with E-state index in [9.17, 15) is 14.4 Å². The lowest BCUT2D eigenvalue weighted by atomic mass is 9.75. The summed E-state index contributed by atoms with van der Waals surface area (Å²) in [5.74, 6) is -0.929. The Labute approximate surface area is 158 Å². The molecule has 0 spiro atoms. The first-order valence-electron chi connectivity index (χ1n) is 9.28. The molecule has 6 nitrogen and oxygen atoms in total. The zero-order chi connectivity index (χ0) is 19.6. The molecule has 1 aliphatic heterocycles. The summed E-state index contributed by atoms with van der Waals surface area (Å²) < 4.78 is 10.0. The second-order valence-corrected chi connectivity index (χ2v) is 8.55. The Kier molecular flexibility index (Phi) is 3.71. The van der Waals surface area contributed by atoms with Crippen molar-refractivity contribution in [2.75, 3.05) is 25.7 Å². The average Bonchev–Trinajstić information content (AvgIpc) is 2.97.